The predicted octanol–water partition coefficient (Wildman–Crippen LogP) is 6.11. The number of carbonyl (C=O) groups excluding carboxylic acids is 1. The van der Waals surface area contributed by atoms with Crippen molar-refractivity contribution >= 4 is 39.7 Å². The molecule has 1 N–H and O–H groups in total. The van der Waals surface area contributed by atoms with Crippen molar-refractivity contribution in [2.75, 3.05) is 0 Å². The standard InChI is InChI=1S/C22H17ClN2OS/c1-14(15-7-3-2-4-8-15)24-22(26)17-13-19(20-11-12-21(23)27-20)25-18-10-6-5-9-16(17)18/h2-14H,1H3,(H,24,26)/t14-/m0/s1. The van der Waals surface area contributed by atoms with Crippen molar-refractivity contribution in [3.05, 3.63) is 88.3 Å². The Kier molecular flexibility index (Phi) is 4.92. The van der Waals surface area contributed by atoms with Gasteiger partial charge >= 0.3 is 0 Å². The lowest BCUT2D eigenvalue weighted by atomic mass is 10.0. The highest BCUT2D eigenvalue weighted by atomic mass is 35.5. The fourth-order valence-corrected chi connectivity index (χ4v) is 4.04. The van der Waals surface area contributed by atoms with Crippen LogP contribution in [0.4, 0.5) is 0 Å². The second kappa shape index (κ2) is 7.51. The number of rotatable bonds is 4. The number of pyridine rings is 1. The Labute approximate surface area is 166 Å². The van der Waals surface area contributed by atoms with Crippen molar-refractivity contribution in [2.45, 2.75) is 13.0 Å². The van der Waals surface area contributed by atoms with Gasteiger partial charge < -0.3 is 5.32 Å². The van der Waals surface area contributed by atoms with Gasteiger partial charge in [-0.05, 0) is 36.8 Å². The van der Waals surface area contributed by atoms with Gasteiger partial charge in [0.2, 0.25) is 0 Å². The van der Waals surface area contributed by atoms with E-state index in [1.54, 1.807) is 0 Å². The van der Waals surface area contributed by atoms with Gasteiger partial charge in [0, 0.05) is 5.39 Å². The highest BCUT2D eigenvalue weighted by Crippen LogP contribution is 2.32. The number of nitrogens with one attached hydrogen (secondary N) is 1. The Morgan fingerprint density at radius 1 is 1.04 bits per heavy atom. The van der Waals surface area contributed by atoms with E-state index in [0.29, 0.717) is 9.90 Å². The molecular weight excluding hydrogens is 376 g/mol. The number of amides is 1. The van der Waals surface area contributed by atoms with Gasteiger partial charge in [0.25, 0.3) is 5.91 Å². The molecule has 0 aliphatic rings. The van der Waals surface area contributed by atoms with Crippen molar-refractivity contribution in [3.63, 3.8) is 0 Å². The summed E-state index contributed by atoms with van der Waals surface area (Å²) in [7, 11) is 0. The lowest BCUT2D eigenvalue weighted by molar-refractivity contribution is 0.0941. The number of hydrogen-bond acceptors (Lipinski definition) is 3. The zero-order valence-corrected chi connectivity index (χ0v) is 16.2. The number of carbonyl (C=O) groups is 1. The first-order valence-electron chi connectivity index (χ1n) is 8.63. The summed E-state index contributed by atoms with van der Waals surface area (Å²) in [5.41, 5.74) is 3.22. The van der Waals surface area contributed by atoms with Gasteiger partial charge in [0.1, 0.15) is 0 Å². The fraction of sp³-hybridized carbons (Fsp3) is 0.0909. The molecule has 134 valence electrons. The summed E-state index contributed by atoms with van der Waals surface area (Å²) in [6, 6.07) is 23.1. The monoisotopic (exact) mass is 392 g/mol. The molecule has 0 fully saturated rings. The molecular formula is C22H17ClN2OS. The van der Waals surface area contributed by atoms with E-state index in [0.717, 1.165) is 27.0 Å². The molecule has 1 atom stereocenters. The van der Waals surface area contributed by atoms with Gasteiger partial charge in [0.05, 0.1) is 32.0 Å². The highest BCUT2D eigenvalue weighted by Gasteiger charge is 2.17. The molecule has 5 heteroatoms. The fourth-order valence-electron chi connectivity index (χ4n) is 3.04. The summed E-state index contributed by atoms with van der Waals surface area (Å²) in [5, 5.41) is 3.93. The lowest BCUT2D eigenvalue weighted by Gasteiger charge is -2.16. The van der Waals surface area contributed by atoms with E-state index in [2.05, 4.69) is 5.32 Å². The van der Waals surface area contributed by atoms with Crippen LogP contribution < -0.4 is 5.32 Å². The Balaban J connectivity index is 1.74. The summed E-state index contributed by atoms with van der Waals surface area (Å²) in [6.45, 7) is 1.98. The van der Waals surface area contributed by atoms with E-state index < -0.39 is 0 Å². The Hall–Kier alpha value is -2.69. The molecule has 2 aromatic heterocycles. The number of thiophene rings is 1. The van der Waals surface area contributed by atoms with Crippen molar-refractivity contribution < 1.29 is 4.79 Å². The van der Waals surface area contributed by atoms with Crippen LogP contribution in [-0.4, -0.2) is 10.9 Å². The number of fused-ring (bicyclic) bond motifs is 1. The quantitative estimate of drug-likeness (QED) is 0.455. The average molecular weight is 393 g/mol. The second-order valence-corrected chi connectivity index (χ2v) is 8.00. The number of aromatic nitrogens is 1. The smallest absolute Gasteiger partial charge is 0.252 e. The SMILES string of the molecule is C[C@H](NC(=O)c1cc(-c2ccc(Cl)s2)nc2ccccc12)c1ccccc1. The molecule has 2 heterocycles. The minimum Gasteiger partial charge on any atom is -0.345 e. The molecule has 0 radical (unpaired) electrons. The van der Waals surface area contributed by atoms with Gasteiger partial charge in [-0.2, -0.15) is 0 Å². The molecule has 0 saturated heterocycles. The van der Waals surface area contributed by atoms with E-state index in [-0.39, 0.29) is 11.9 Å². The van der Waals surface area contributed by atoms with Crippen LogP contribution in [0, 0.1) is 0 Å². The Morgan fingerprint density at radius 2 is 1.78 bits per heavy atom. The van der Waals surface area contributed by atoms with E-state index in [9.17, 15) is 4.79 Å². The molecule has 2 aromatic carbocycles. The van der Waals surface area contributed by atoms with Crippen molar-refractivity contribution in [3.8, 4) is 10.6 Å². The lowest BCUT2D eigenvalue weighted by Crippen LogP contribution is -2.27. The molecule has 0 aliphatic carbocycles. The number of para-hydroxylation sites is 1. The molecule has 1 amide bonds. The van der Waals surface area contributed by atoms with Gasteiger partial charge in [-0.3, -0.25) is 4.79 Å². The maximum atomic E-state index is 13.1. The highest BCUT2D eigenvalue weighted by molar-refractivity contribution is 7.19. The first-order valence-corrected chi connectivity index (χ1v) is 9.82. The van der Waals surface area contributed by atoms with Gasteiger partial charge in [-0.25, -0.2) is 4.98 Å². The normalized spacial score (nSPS) is 12.1. The topological polar surface area (TPSA) is 42.0 Å². The van der Waals surface area contributed by atoms with Crippen LogP contribution in [0.1, 0.15) is 28.9 Å². The molecule has 0 spiro atoms. The van der Waals surface area contributed by atoms with Gasteiger partial charge in [-0.15, -0.1) is 11.3 Å². The molecule has 0 bridgehead atoms. The van der Waals surface area contributed by atoms with Gasteiger partial charge in [0.15, 0.2) is 0 Å². The average Bonchev–Trinajstić information content (AvgIpc) is 3.14. The van der Waals surface area contributed by atoms with Crippen LogP contribution in [0.2, 0.25) is 4.34 Å². The molecule has 27 heavy (non-hydrogen) atoms. The van der Waals surface area contributed by atoms with Crippen LogP contribution in [0.25, 0.3) is 21.5 Å². The number of benzene rings is 2. The Bertz CT molecular complexity index is 1110. The summed E-state index contributed by atoms with van der Waals surface area (Å²) < 4.78 is 0.698. The molecule has 0 unspecified atom stereocenters. The zero-order valence-electron chi connectivity index (χ0n) is 14.6. The maximum absolute atomic E-state index is 13.1. The maximum Gasteiger partial charge on any atom is 0.252 e. The van der Waals surface area contributed by atoms with Crippen LogP contribution in [0.5, 0.6) is 0 Å². The summed E-state index contributed by atoms with van der Waals surface area (Å²) in [4.78, 5) is 18.7. The predicted molar refractivity (Wildman–Crippen MR) is 112 cm³/mol. The third kappa shape index (κ3) is 3.72. The van der Waals surface area contributed by atoms with Crippen LogP contribution in [0.3, 0.4) is 0 Å². The van der Waals surface area contributed by atoms with Crippen molar-refractivity contribution in [1.29, 1.82) is 0 Å². The van der Waals surface area contributed by atoms with Crippen molar-refractivity contribution in [1.82, 2.24) is 10.3 Å². The Morgan fingerprint density at radius 3 is 2.52 bits per heavy atom. The second-order valence-electron chi connectivity index (χ2n) is 6.28. The molecule has 0 saturated carbocycles. The minimum absolute atomic E-state index is 0.0924. The van der Waals surface area contributed by atoms with Crippen LogP contribution in [-0.2, 0) is 0 Å². The first kappa shape index (κ1) is 17.7. The zero-order chi connectivity index (χ0) is 18.8. The number of nitrogens with zero attached hydrogens (tertiary/aromatic N) is 1. The number of halogens is 1. The van der Waals surface area contributed by atoms with E-state index >= 15 is 0 Å². The minimum atomic E-state index is -0.117. The molecule has 0 aliphatic heterocycles. The van der Waals surface area contributed by atoms with Crippen molar-refractivity contribution in [2.24, 2.45) is 0 Å². The van der Waals surface area contributed by atoms with Crippen LogP contribution in [0.15, 0.2) is 72.8 Å². The molecule has 4 rings (SSSR count). The molecule has 4 aromatic rings. The van der Waals surface area contributed by atoms with E-state index in [1.165, 1.54) is 11.3 Å². The number of hydrogen-bond donors (Lipinski definition) is 1. The summed E-state index contributed by atoms with van der Waals surface area (Å²) >= 11 is 7.53. The summed E-state index contributed by atoms with van der Waals surface area (Å²) in [5.74, 6) is -0.117. The summed E-state index contributed by atoms with van der Waals surface area (Å²) in [6.07, 6.45) is 0. The molecule has 3 nitrogen and oxygen atoms in total. The first-order chi connectivity index (χ1) is 13.1. The largest absolute Gasteiger partial charge is 0.345 e. The van der Waals surface area contributed by atoms with E-state index in [1.807, 2.05) is 79.7 Å². The van der Waals surface area contributed by atoms with Crippen LogP contribution >= 0.6 is 22.9 Å². The third-order valence-corrected chi connectivity index (χ3v) is 5.69. The third-order valence-electron chi connectivity index (χ3n) is 4.43. The van der Waals surface area contributed by atoms with Gasteiger partial charge in [-0.1, -0.05) is 60.1 Å². The van der Waals surface area contributed by atoms with E-state index in [4.69, 9.17) is 16.6 Å².